The molecule has 0 saturated heterocycles. The summed E-state index contributed by atoms with van der Waals surface area (Å²) in [6.45, 7) is 1.80. The third kappa shape index (κ3) is 1.19. The number of aliphatic hydroxyl groups excluding tert-OH is 1. The van der Waals surface area contributed by atoms with Crippen LogP contribution in [-0.4, -0.2) is 15.1 Å². The van der Waals surface area contributed by atoms with Crippen molar-refractivity contribution in [3.05, 3.63) is 20.9 Å². The maximum absolute atomic E-state index is 11.0. The molecule has 0 saturated carbocycles. The van der Waals surface area contributed by atoms with E-state index in [1.54, 1.807) is 0 Å². The molecule has 2 rings (SSSR count). The van der Waals surface area contributed by atoms with Crippen molar-refractivity contribution < 1.29 is 5.11 Å². The molecule has 74 valence electrons. The Morgan fingerprint density at radius 1 is 1.64 bits per heavy atom. The molecule has 0 aliphatic heterocycles. The molecule has 2 aromatic rings. The highest BCUT2D eigenvalue weighted by Crippen LogP contribution is 2.30. The van der Waals surface area contributed by atoms with Gasteiger partial charge in [-0.05, 0) is 12.5 Å². The number of aliphatic hydroxyl groups is 1. The molecule has 0 bridgehead atoms. The Morgan fingerprint density at radius 3 is 3.00 bits per heavy atom. The van der Waals surface area contributed by atoms with E-state index in [1.807, 2.05) is 6.92 Å². The van der Waals surface area contributed by atoms with Gasteiger partial charge >= 0.3 is 5.69 Å². The van der Waals surface area contributed by atoms with Crippen molar-refractivity contribution in [1.82, 2.24) is 9.97 Å². The van der Waals surface area contributed by atoms with E-state index in [9.17, 15) is 4.79 Å². The van der Waals surface area contributed by atoms with Gasteiger partial charge in [-0.1, -0.05) is 0 Å². The first-order chi connectivity index (χ1) is 6.63. The Hall–Kier alpha value is -1.40. The van der Waals surface area contributed by atoms with Gasteiger partial charge in [0.05, 0.1) is 12.0 Å². The fourth-order valence-corrected chi connectivity index (χ4v) is 2.46. The number of aromatic amines is 1. The normalized spacial score (nSPS) is 11.0. The average molecular weight is 211 g/mol. The second-order valence-corrected chi connectivity index (χ2v) is 4.04. The molecule has 14 heavy (non-hydrogen) atoms. The lowest BCUT2D eigenvalue weighted by atomic mass is 10.2. The first kappa shape index (κ1) is 9.17. The zero-order valence-electron chi connectivity index (χ0n) is 7.50. The summed E-state index contributed by atoms with van der Waals surface area (Å²) in [4.78, 5) is 18.7. The number of hydrogen-bond donors (Lipinski definition) is 3. The fourth-order valence-electron chi connectivity index (χ4n) is 1.40. The number of thiophene rings is 1. The Labute approximate surface area is 83.2 Å². The van der Waals surface area contributed by atoms with E-state index in [4.69, 9.17) is 10.8 Å². The lowest BCUT2D eigenvalue weighted by molar-refractivity contribution is 0.285. The predicted octanol–water partition coefficient (Wildman–Crippen LogP) is 0.368. The SMILES string of the molecule is Cc1c(CO)sc2[nH]c(=O)nc(N)c12. The Morgan fingerprint density at radius 2 is 2.36 bits per heavy atom. The van der Waals surface area contributed by atoms with Gasteiger partial charge in [-0.3, -0.25) is 4.98 Å². The van der Waals surface area contributed by atoms with Gasteiger partial charge in [-0.25, -0.2) is 4.79 Å². The maximum atomic E-state index is 11.0. The monoisotopic (exact) mass is 211 g/mol. The third-order valence-electron chi connectivity index (χ3n) is 2.09. The summed E-state index contributed by atoms with van der Waals surface area (Å²) in [5, 5.41) is 9.77. The minimum absolute atomic E-state index is 0.0490. The van der Waals surface area contributed by atoms with Gasteiger partial charge in [-0.2, -0.15) is 4.98 Å². The molecule has 0 atom stereocenters. The number of nitrogens with two attached hydrogens (primary N) is 1. The summed E-state index contributed by atoms with van der Waals surface area (Å²) in [6, 6.07) is 0. The molecule has 0 aliphatic rings. The van der Waals surface area contributed by atoms with E-state index < -0.39 is 5.69 Å². The molecule has 0 aliphatic carbocycles. The zero-order chi connectivity index (χ0) is 10.3. The number of hydrogen-bond acceptors (Lipinski definition) is 5. The molecular weight excluding hydrogens is 202 g/mol. The lowest BCUT2D eigenvalue weighted by Crippen LogP contribution is -2.11. The van der Waals surface area contributed by atoms with Gasteiger partial charge in [0.15, 0.2) is 0 Å². The molecular formula is C8H9N3O2S. The van der Waals surface area contributed by atoms with E-state index in [0.717, 1.165) is 15.8 Å². The Bertz CT molecular complexity index is 543. The number of nitrogens with zero attached hydrogens (tertiary/aromatic N) is 1. The van der Waals surface area contributed by atoms with Gasteiger partial charge in [0.2, 0.25) is 0 Å². The summed E-state index contributed by atoms with van der Waals surface area (Å²) in [6.07, 6.45) is 0. The highest BCUT2D eigenvalue weighted by molar-refractivity contribution is 7.18. The number of H-pyrrole nitrogens is 1. The van der Waals surface area contributed by atoms with Gasteiger partial charge in [0.25, 0.3) is 0 Å². The smallest absolute Gasteiger partial charge is 0.347 e. The summed E-state index contributed by atoms with van der Waals surface area (Å²) in [5.41, 5.74) is 6.05. The number of rotatable bonds is 1. The van der Waals surface area contributed by atoms with Crippen molar-refractivity contribution in [2.75, 3.05) is 5.73 Å². The summed E-state index contributed by atoms with van der Waals surface area (Å²) < 4.78 is 0. The standard InChI is InChI=1S/C8H9N3O2S/c1-3-4(2-12)14-7-5(3)6(9)10-8(13)11-7/h12H,2H2,1H3,(H3,9,10,11,13). The van der Waals surface area contributed by atoms with Crippen LogP contribution in [0.4, 0.5) is 5.82 Å². The molecule has 2 heterocycles. The molecule has 0 amide bonds. The van der Waals surface area contributed by atoms with Crippen molar-refractivity contribution in [1.29, 1.82) is 0 Å². The number of nitrogen functional groups attached to an aromatic ring is 1. The van der Waals surface area contributed by atoms with Crippen LogP contribution in [0.5, 0.6) is 0 Å². The van der Waals surface area contributed by atoms with Crippen LogP contribution in [-0.2, 0) is 6.61 Å². The van der Waals surface area contributed by atoms with E-state index >= 15 is 0 Å². The number of aromatic nitrogens is 2. The zero-order valence-corrected chi connectivity index (χ0v) is 8.31. The second-order valence-electron chi connectivity index (χ2n) is 2.94. The van der Waals surface area contributed by atoms with E-state index in [0.29, 0.717) is 4.83 Å². The molecule has 6 heteroatoms. The van der Waals surface area contributed by atoms with Crippen molar-refractivity contribution in [2.45, 2.75) is 13.5 Å². The number of nitrogens with one attached hydrogen (secondary N) is 1. The third-order valence-corrected chi connectivity index (χ3v) is 3.28. The second kappa shape index (κ2) is 3.07. The molecule has 0 radical (unpaired) electrons. The van der Waals surface area contributed by atoms with Crippen molar-refractivity contribution in [2.24, 2.45) is 0 Å². The summed E-state index contributed by atoms with van der Waals surface area (Å²) >= 11 is 1.33. The molecule has 0 fully saturated rings. The van der Waals surface area contributed by atoms with Gasteiger partial charge in [0, 0.05) is 4.88 Å². The molecule has 0 unspecified atom stereocenters. The van der Waals surface area contributed by atoms with Crippen LogP contribution in [0.15, 0.2) is 4.79 Å². The van der Waals surface area contributed by atoms with Crippen LogP contribution in [0.25, 0.3) is 10.2 Å². The summed E-state index contributed by atoms with van der Waals surface area (Å²) in [7, 11) is 0. The van der Waals surface area contributed by atoms with Gasteiger partial charge in [0.1, 0.15) is 10.6 Å². The molecule has 0 aromatic carbocycles. The van der Waals surface area contributed by atoms with Crippen molar-refractivity contribution in [3.8, 4) is 0 Å². The summed E-state index contributed by atoms with van der Waals surface area (Å²) in [5.74, 6) is 0.220. The van der Waals surface area contributed by atoms with E-state index in [2.05, 4.69) is 9.97 Å². The highest BCUT2D eigenvalue weighted by Gasteiger charge is 2.11. The van der Waals surface area contributed by atoms with Crippen molar-refractivity contribution in [3.63, 3.8) is 0 Å². The van der Waals surface area contributed by atoms with Crippen LogP contribution in [0, 0.1) is 6.92 Å². The minimum atomic E-state index is -0.458. The molecule has 0 spiro atoms. The quantitative estimate of drug-likeness (QED) is 0.635. The van der Waals surface area contributed by atoms with Gasteiger partial charge < -0.3 is 10.8 Å². The first-order valence-corrected chi connectivity index (χ1v) is 4.83. The van der Waals surface area contributed by atoms with Crippen LogP contribution in [0.1, 0.15) is 10.4 Å². The molecule has 4 N–H and O–H groups in total. The number of aryl methyl sites for hydroxylation is 1. The minimum Gasteiger partial charge on any atom is -0.391 e. The molecule has 5 nitrogen and oxygen atoms in total. The largest absolute Gasteiger partial charge is 0.391 e. The van der Waals surface area contributed by atoms with Crippen LogP contribution in [0.2, 0.25) is 0 Å². The molecule has 2 aromatic heterocycles. The van der Waals surface area contributed by atoms with E-state index in [1.165, 1.54) is 11.3 Å². The topological polar surface area (TPSA) is 92.0 Å². The van der Waals surface area contributed by atoms with Gasteiger partial charge in [-0.15, -0.1) is 11.3 Å². The highest BCUT2D eigenvalue weighted by atomic mass is 32.1. The van der Waals surface area contributed by atoms with Crippen LogP contribution in [0.3, 0.4) is 0 Å². The van der Waals surface area contributed by atoms with E-state index in [-0.39, 0.29) is 12.4 Å². The first-order valence-electron chi connectivity index (χ1n) is 4.02. The van der Waals surface area contributed by atoms with Crippen LogP contribution >= 0.6 is 11.3 Å². The average Bonchev–Trinajstić information content (AvgIpc) is 2.42. The number of anilines is 1. The maximum Gasteiger partial charge on any atom is 0.347 e. The number of fused-ring (bicyclic) bond motifs is 1. The van der Waals surface area contributed by atoms with Crippen LogP contribution < -0.4 is 11.4 Å². The Kier molecular flexibility index (Phi) is 2.01. The fraction of sp³-hybridized carbons (Fsp3) is 0.250. The lowest BCUT2D eigenvalue weighted by Gasteiger charge is -1.95. The van der Waals surface area contributed by atoms with Crippen molar-refractivity contribution >= 4 is 27.4 Å². The predicted molar refractivity (Wildman–Crippen MR) is 55.3 cm³/mol. The Balaban J connectivity index is 2.92.